The molecular weight excluding hydrogens is 274 g/mol. The smallest absolute Gasteiger partial charge is 0.225 e. The number of amides is 1. The number of benzene rings is 1. The highest BCUT2D eigenvalue weighted by molar-refractivity contribution is 5.79. The number of piperidine rings is 1. The lowest BCUT2D eigenvalue weighted by molar-refractivity contribution is -0.138. The average molecular weight is 301 g/mol. The number of likely N-dealkylation sites (tertiary alicyclic amines) is 1. The summed E-state index contributed by atoms with van der Waals surface area (Å²) in [6.07, 6.45) is 8.09. The van der Waals surface area contributed by atoms with Gasteiger partial charge in [0.15, 0.2) is 0 Å². The minimum atomic E-state index is 0.248. The molecule has 0 atom stereocenters. The quantitative estimate of drug-likeness (QED) is 0.846. The zero-order valence-electron chi connectivity index (χ0n) is 13.6. The Balaban J connectivity index is 1.47. The molecule has 1 amide bonds. The van der Waals surface area contributed by atoms with Gasteiger partial charge in [-0.05, 0) is 31.9 Å². The molecular formula is C19H27NO2. The van der Waals surface area contributed by atoms with Crippen LogP contribution < -0.4 is 4.74 Å². The van der Waals surface area contributed by atoms with Crippen molar-refractivity contribution >= 4 is 5.91 Å². The highest BCUT2D eigenvalue weighted by Gasteiger charge is 2.29. The lowest BCUT2D eigenvalue weighted by Gasteiger charge is -2.35. The Labute approximate surface area is 133 Å². The first kappa shape index (κ1) is 15.4. The third-order valence-corrected chi connectivity index (χ3v) is 5.03. The highest BCUT2D eigenvalue weighted by Crippen LogP contribution is 2.27. The van der Waals surface area contributed by atoms with Crippen molar-refractivity contribution in [2.24, 2.45) is 5.92 Å². The van der Waals surface area contributed by atoms with E-state index in [0.29, 0.717) is 11.8 Å². The van der Waals surface area contributed by atoms with Crippen LogP contribution in [0.2, 0.25) is 0 Å². The molecule has 3 heteroatoms. The second-order valence-corrected chi connectivity index (χ2v) is 6.79. The van der Waals surface area contributed by atoms with Crippen LogP contribution in [0.4, 0.5) is 0 Å². The van der Waals surface area contributed by atoms with E-state index >= 15 is 0 Å². The molecule has 3 rings (SSSR count). The Morgan fingerprint density at radius 2 is 1.64 bits per heavy atom. The molecule has 0 radical (unpaired) electrons. The molecule has 1 aliphatic carbocycles. The summed E-state index contributed by atoms with van der Waals surface area (Å²) in [5.41, 5.74) is 1.25. The van der Waals surface area contributed by atoms with Crippen molar-refractivity contribution in [2.75, 3.05) is 13.1 Å². The number of carbonyl (C=O) groups is 1. The maximum Gasteiger partial charge on any atom is 0.225 e. The number of nitrogens with zero attached hydrogens (tertiary/aromatic N) is 1. The van der Waals surface area contributed by atoms with Crippen LogP contribution in [-0.4, -0.2) is 30.0 Å². The molecule has 1 aliphatic heterocycles. The predicted molar refractivity (Wildman–Crippen MR) is 88.0 cm³/mol. The summed E-state index contributed by atoms with van der Waals surface area (Å²) in [6, 6.07) is 8.23. The molecule has 1 saturated heterocycles. The number of rotatable bonds is 3. The summed E-state index contributed by atoms with van der Waals surface area (Å²) < 4.78 is 6.05. The second kappa shape index (κ2) is 7.17. The molecule has 22 heavy (non-hydrogen) atoms. The fourth-order valence-electron chi connectivity index (χ4n) is 3.61. The number of carbonyl (C=O) groups excluding carboxylic acids is 1. The van der Waals surface area contributed by atoms with E-state index in [0.717, 1.165) is 44.5 Å². The summed E-state index contributed by atoms with van der Waals surface area (Å²) >= 11 is 0. The summed E-state index contributed by atoms with van der Waals surface area (Å²) in [5.74, 6) is 1.64. The molecule has 3 nitrogen and oxygen atoms in total. The van der Waals surface area contributed by atoms with Gasteiger partial charge in [0.05, 0.1) is 0 Å². The minimum absolute atomic E-state index is 0.248. The summed E-state index contributed by atoms with van der Waals surface area (Å²) in [4.78, 5) is 14.6. The molecule has 0 spiro atoms. The van der Waals surface area contributed by atoms with E-state index in [1.807, 2.05) is 12.1 Å². The van der Waals surface area contributed by atoms with Gasteiger partial charge in [0, 0.05) is 31.8 Å². The van der Waals surface area contributed by atoms with Gasteiger partial charge in [0.25, 0.3) is 0 Å². The van der Waals surface area contributed by atoms with Gasteiger partial charge < -0.3 is 9.64 Å². The monoisotopic (exact) mass is 301 g/mol. The van der Waals surface area contributed by atoms with E-state index in [1.54, 1.807) is 0 Å². The number of aryl methyl sites for hydroxylation is 1. The highest BCUT2D eigenvalue weighted by atomic mass is 16.5. The predicted octanol–water partition coefficient (Wildman–Crippen LogP) is 3.95. The van der Waals surface area contributed by atoms with Crippen LogP contribution in [0.3, 0.4) is 0 Å². The fraction of sp³-hybridized carbons (Fsp3) is 0.632. The van der Waals surface area contributed by atoms with Gasteiger partial charge in [-0.1, -0.05) is 37.0 Å². The molecule has 1 saturated carbocycles. The normalized spacial score (nSPS) is 20.9. The van der Waals surface area contributed by atoms with Crippen LogP contribution in [0.15, 0.2) is 24.3 Å². The SMILES string of the molecule is Cc1ccc(OC2CCN(C(=O)C3CCCCC3)CC2)cc1. The summed E-state index contributed by atoms with van der Waals surface area (Å²) in [5, 5.41) is 0. The van der Waals surface area contributed by atoms with E-state index < -0.39 is 0 Å². The van der Waals surface area contributed by atoms with Gasteiger partial charge in [-0.3, -0.25) is 4.79 Å². The molecule has 0 bridgehead atoms. The standard InChI is InChI=1S/C19H27NO2/c1-15-7-9-17(10-8-15)22-18-11-13-20(14-12-18)19(21)16-5-3-2-4-6-16/h7-10,16,18H,2-6,11-14H2,1H3. The molecule has 1 aromatic rings. The average Bonchev–Trinajstić information content (AvgIpc) is 2.58. The van der Waals surface area contributed by atoms with Crippen molar-refractivity contribution in [1.82, 2.24) is 4.90 Å². The van der Waals surface area contributed by atoms with Crippen molar-refractivity contribution in [2.45, 2.75) is 58.0 Å². The Bertz CT molecular complexity index is 483. The summed E-state index contributed by atoms with van der Waals surface area (Å²) in [6.45, 7) is 3.79. The van der Waals surface area contributed by atoms with Gasteiger partial charge in [0.2, 0.25) is 5.91 Å². The van der Waals surface area contributed by atoms with Gasteiger partial charge in [-0.15, -0.1) is 0 Å². The van der Waals surface area contributed by atoms with Crippen LogP contribution >= 0.6 is 0 Å². The van der Waals surface area contributed by atoms with Gasteiger partial charge >= 0.3 is 0 Å². The number of hydrogen-bond acceptors (Lipinski definition) is 2. The van der Waals surface area contributed by atoms with Crippen LogP contribution in [0.5, 0.6) is 5.75 Å². The van der Waals surface area contributed by atoms with Crippen LogP contribution in [0, 0.1) is 12.8 Å². The van der Waals surface area contributed by atoms with Crippen LogP contribution in [-0.2, 0) is 4.79 Å². The fourth-order valence-corrected chi connectivity index (χ4v) is 3.61. The van der Waals surface area contributed by atoms with E-state index in [2.05, 4.69) is 24.0 Å². The molecule has 2 fully saturated rings. The maximum absolute atomic E-state index is 12.5. The topological polar surface area (TPSA) is 29.5 Å². The second-order valence-electron chi connectivity index (χ2n) is 6.79. The molecule has 2 aliphatic rings. The van der Waals surface area contributed by atoms with Crippen molar-refractivity contribution in [1.29, 1.82) is 0 Å². The zero-order chi connectivity index (χ0) is 15.4. The molecule has 0 N–H and O–H groups in total. The van der Waals surface area contributed by atoms with Gasteiger partial charge in [0.1, 0.15) is 11.9 Å². The van der Waals surface area contributed by atoms with Crippen LogP contribution in [0.1, 0.15) is 50.5 Å². The van der Waals surface area contributed by atoms with Crippen molar-refractivity contribution in [3.05, 3.63) is 29.8 Å². The Morgan fingerprint density at radius 3 is 2.27 bits per heavy atom. The first-order valence-corrected chi connectivity index (χ1v) is 8.74. The van der Waals surface area contributed by atoms with Crippen molar-refractivity contribution in [3.63, 3.8) is 0 Å². The summed E-state index contributed by atoms with van der Waals surface area (Å²) in [7, 11) is 0. The Hall–Kier alpha value is -1.51. The minimum Gasteiger partial charge on any atom is -0.490 e. The number of hydrogen-bond donors (Lipinski definition) is 0. The third kappa shape index (κ3) is 3.82. The Morgan fingerprint density at radius 1 is 1.00 bits per heavy atom. The van der Waals surface area contributed by atoms with Gasteiger partial charge in [-0.25, -0.2) is 0 Å². The first-order chi connectivity index (χ1) is 10.7. The third-order valence-electron chi connectivity index (χ3n) is 5.03. The molecule has 1 aromatic carbocycles. The van der Waals surface area contributed by atoms with Gasteiger partial charge in [-0.2, -0.15) is 0 Å². The Kier molecular flexibility index (Phi) is 5.01. The van der Waals surface area contributed by atoms with E-state index in [-0.39, 0.29) is 6.10 Å². The lowest BCUT2D eigenvalue weighted by atomic mass is 9.88. The zero-order valence-corrected chi connectivity index (χ0v) is 13.6. The van der Waals surface area contributed by atoms with E-state index in [9.17, 15) is 4.79 Å². The van der Waals surface area contributed by atoms with Crippen LogP contribution in [0.25, 0.3) is 0 Å². The largest absolute Gasteiger partial charge is 0.490 e. The van der Waals surface area contributed by atoms with Crippen molar-refractivity contribution < 1.29 is 9.53 Å². The first-order valence-electron chi connectivity index (χ1n) is 8.74. The van der Waals surface area contributed by atoms with E-state index in [1.165, 1.54) is 24.8 Å². The van der Waals surface area contributed by atoms with E-state index in [4.69, 9.17) is 4.74 Å². The molecule has 0 unspecified atom stereocenters. The van der Waals surface area contributed by atoms with Crippen molar-refractivity contribution in [3.8, 4) is 5.75 Å². The lowest BCUT2D eigenvalue weighted by Crippen LogP contribution is -2.44. The number of ether oxygens (including phenoxy) is 1. The molecule has 1 heterocycles. The molecule has 120 valence electrons. The molecule has 0 aromatic heterocycles. The maximum atomic E-state index is 12.5.